The van der Waals surface area contributed by atoms with Gasteiger partial charge in [0.25, 0.3) is 0 Å². The standard InChI is InChI=1S/C57H71FN12O8S/c1-38-53(79-37-62-38)40-15-13-39(14-16-40)32-61-55(74)46-31-43(71)34-69(46)56(75)54(57(2,3)4)64-52(73)36-78-29-28-77-27-26-76-25-19-59-51(72)35-66-21-23-67(24-22-66)49-12-6-10-44(63-49)47-33-60-48-17-18-50(65-70(47)48)68-20-7-11-45(68)41-8-5-9-42(58)30-41/h5-6,8-10,12-18,30,33,37,43,45-46,54,71H,7,11,19-29,31-32,34-36H2,1-4H3,(H,59,72)(H,61,74)(H,64,73)/t43-,45-,46+,54-/m1/s1. The summed E-state index contributed by atoms with van der Waals surface area (Å²) in [4.78, 5) is 76.3. The first-order chi connectivity index (χ1) is 38.2. The average Bonchev–Trinajstić information content (AvgIpc) is 4.41. The third-order valence-electron chi connectivity index (χ3n) is 14.4. The number of imidazole rings is 1. The number of fused-ring (bicyclic) bond motifs is 1. The second-order valence-corrected chi connectivity index (χ2v) is 22.1. The van der Waals surface area contributed by atoms with E-state index in [1.54, 1.807) is 29.7 Å². The second-order valence-electron chi connectivity index (χ2n) is 21.2. The Hall–Kier alpha value is -6.95. The molecule has 22 heteroatoms. The van der Waals surface area contributed by atoms with Gasteiger partial charge in [-0.3, -0.25) is 24.1 Å². The van der Waals surface area contributed by atoms with Crippen LogP contribution < -0.4 is 25.8 Å². The highest BCUT2D eigenvalue weighted by molar-refractivity contribution is 7.13. The molecular formula is C57H71FN12O8S. The number of hydrogen-bond acceptors (Lipinski definition) is 16. The third-order valence-corrected chi connectivity index (χ3v) is 15.4. The summed E-state index contributed by atoms with van der Waals surface area (Å²) in [5.74, 6) is -0.0119. The van der Waals surface area contributed by atoms with E-state index < -0.39 is 35.4 Å². The van der Waals surface area contributed by atoms with Gasteiger partial charge in [0.2, 0.25) is 23.6 Å². The molecule has 4 aromatic heterocycles. The molecule has 0 aliphatic carbocycles. The van der Waals surface area contributed by atoms with E-state index in [2.05, 4.69) is 40.6 Å². The molecule has 0 spiro atoms. The molecule has 3 saturated heterocycles. The first kappa shape index (κ1) is 56.8. The molecule has 4 amide bonds. The number of aromatic nitrogens is 5. The lowest BCUT2D eigenvalue weighted by molar-refractivity contribution is -0.144. The highest BCUT2D eigenvalue weighted by Gasteiger charge is 2.44. The quantitative estimate of drug-likeness (QED) is 0.0634. The molecule has 2 aromatic carbocycles. The predicted molar refractivity (Wildman–Crippen MR) is 298 cm³/mol. The van der Waals surface area contributed by atoms with Gasteiger partial charge in [0.15, 0.2) is 5.65 Å². The van der Waals surface area contributed by atoms with E-state index in [-0.39, 0.29) is 76.2 Å². The van der Waals surface area contributed by atoms with E-state index >= 15 is 0 Å². The molecule has 0 bridgehead atoms. The van der Waals surface area contributed by atoms with Crippen molar-refractivity contribution in [2.45, 2.75) is 77.7 Å². The van der Waals surface area contributed by atoms with E-state index in [0.29, 0.717) is 51.6 Å². The number of β-amino-alcohol motifs (C(OH)–C–C–N with tert-alkyl or cyclic N) is 1. The Morgan fingerprint density at radius 2 is 1.61 bits per heavy atom. The number of pyridine rings is 1. The monoisotopic (exact) mass is 1100 g/mol. The largest absolute Gasteiger partial charge is 0.391 e. The molecular weight excluding hydrogens is 1030 g/mol. The van der Waals surface area contributed by atoms with Crippen molar-refractivity contribution in [3.05, 3.63) is 113 Å². The summed E-state index contributed by atoms with van der Waals surface area (Å²) < 4.78 is 32.8. The zero-order chi connectivity index (χ0) is 55.5. The summed E-state index contributed by atoms with van der Waals surface area (Å²) in [6.07, 6.45) is 2.91. The lowest BCUT2D eigenvalue weighted by Crippen LogP contribution is -2.58. The van der Waals surface area contributed by atoms with Crippen LogP contribution in [-0.4, -0.2) is 173 Å². The minimum absolute atomic E-state index is 0.0267. The Morgan fingerprint density at radius 3 is 2.35 bits per heavy atom. The van der Waals surface area contributed by atoms with Gasteiger partial charge in [0.1, 0.15) is 41.8 Å². The number of thiazole rings is 1. The highest BCUT2D eigenvalue weighted by Crippen LogP contribution is 2.36. The SMILES string of the molecule is Cc1ncsc1-c1ccc(CNC(=O)[C@@H]2C[C@@H](O)CN2C(=O)[C@@H](NC(=O)COCCOCCOCCNC(=O)CN2CCN(c3cccc(-c4cnc5ccc(N6CCC[C@@H]6c6cccc(F)c6)nn45)n3)CC2)C(C)(C)C)cc1. The van der Waals surface area contributed by atoms with Gasteiger partial charge in [-0.05, 0) is 78.3 Å². The highest BCUT2D eigenvalue weighted by atomic mass is 32.1. The number of likely N-dealkylation sites (tertiary alicyclic amines) is 1. The number of amides is 4. The molecule has 79 heavy (non-hydrogen) atoms. The number of piperazine rings is 1. The zero-order valence-corrected chi connectivity index (χ0v) is 46.1. The number of aryl methyl sites for hydroxylation is 1. The number of benzene rings is 2. The van der Waals surface area contributed by atoms with Gasteiger partial charge in [-0.15, -0.1) is 16.4 Å². The van der Waals surface area contributed by atoms with Gasteiger partial charge >= 0.3 is 0 Å². The Bertz CT molecular complexity index is 3040. The van der Waals surface area contributed by atoms with Crippen LogP contribution in [0.1, 0.15) is 62.9 Å². The minimum atomic E-state index is -0.980. The normalized spacial score (nSPS) is 18.3. The van der Waals surface area contributed by atoms with Crippen LogP contribution in [0.2, 0.25) is 0 Å². The molecule has 420 valence electrons. The summed E-state index contributed by atoms with van der Waals surface area (Å²) in [5.41, 5.74) is 7.16. The van der Waals surface area contributed by atoms with Crippen molar-refractivity contribution < 1.29 is 42.9 Å². The fourth-order valence-corrected chi connectivity index (χ4v) is 11.1. The predicted octanol–water partition coefficient (Wildman–Crippen LogP) is 4.80. The Balaban J connectivity index is 0.625. The van der Waals surface area contributed by atoms with Crippen molar-refractivity contribution in [1.29, 1.82) is 0 Å². The van der Waals surface area contributed by atoms with Crippen LogP contribution in [0.25, 0.3) is 27.5 Å². The lowest BCUT2D eigenvalue weighted by Gasteiger charge is -2.35. The maximum atomic E-state index is 14.1. The van der Waals surface area contributed by atoms with Crippen LogP contribution in [0, 0.1) is 18.2 Å². The fourth-order valence-electron chi connectivity index (χ4n) is 10.3. The first-order valence-corrected chi connectivity index (χ1v) is 27.9. The number of halogens is 1. The maximum Gasteiger partial charge on any atom is 0.246 e. The number of nitrogens with one attached hydrogen (secondary N) is 3. The number of aliphatic hydroxyl groups excluding tert-OH is 1. The maximum absolute atomic E-state index is 14.1. The summed E-state index contributed by atoms with van der Waals surface area (Å²) in [6, 6.07) is 22.7. The molecule has 9 rings (SSSR count). The van der Waals surface area contributed by atoms with Gasteiger partial charge in [-0.25, -0.2) is 23.9 Å². The summed E-state index contributed by atoms with van der Waals surface area (Å²) >= 11 is 1.57. The number of nitrogens with zero attached hydrogens (tertiary/aromatic N) is 9. The van der Waals surface area contributed by atoms with E-state index in [1.807, 2.05) is 98.4 Å². The van der Waals surface area contributed by atoms with Crippen molar-refractivity contribution in [1.82, 2.24) is 50.3 Å². The third kappa shape index (κ3) is 14.7. The molecule has 3 aliphatic rings. The Labute approximate surface area is 463 Å². The van der Waals surface area contributed by atoms with Crippen LogP contribution in [-0.2, 0) is 39.9 Å². The number of rotatable bonds is 23. The molecule has 0 saturated carbocycles. The van der Waals surface area contributed by atoms with Crippen molar-refractivity contribution in [2.75, 3.05) is 102 Å². The van der Waals surface area contributed by atoms with Crippen molar-refractivity contribution in [2.24, 2.45) is 5.41 Å². The number of ether oxygens (including phenoxy) is 3. The molecule has 3 aliphatic heterocycles. The first-order valence-electron chi connectivity index (χ1n) is 27.0. The molecule has 0 unspecified atom stereocenters. The summed E-state index contributed by atoms with van der Waals surface area (Å²) in [5, 5.41) is 24.2. The lowest BCUT2D eigenvalue weighted by atomic mass is 9.85. The Morgan fingerprint density at radius 1 is 0.848 bits per heavy atom. The summed E-state index contributed by atoms with van der Waals surface area (Å²) in [7, 11) is 0. The molecule has 4 N–H and O–H groups in total. The molecule has 7 heterocycles. The summed E-state index contributed by atoms with van der Waals surface area (Å²) in [6.45, 7) is 12.9. The van der Waals surface area contributed by atoms with E-state index in [0.717, 1.165) is 69.7 Å². The Kier molecular flexibility index (Phi) is 18.9. The minimum Gasteiger partial charge on any atom is -0.391 e. The van der Waals surface area contributed by atoms with Gasteiger partial charge < -0.3 is 50.0 Å². The van der Waals surface area contributed by atoms with Crippen LogP contribution in [0.3, 0.4) is 0 Å². The van der Waals surface area contributed by atoms with Crippen molar-refractivity contribution in [3.8, 4) is 21.8 Å². The van der Waals surface area contributed by atoms with Crippen LogP contribution in [0.4, 0.5) is 16.0 Å². The van der Waals surface area contributed by atoms with Crippen molar-refractivity contribution in [3.63, 3.8) is 0 Å². The molecule has 6 aromatic rings. The zero-order valence-electron chi connectivity index (χ0n) is 45.3. The number of carbonyl (C=O) groups excluding carboxylic acids is 4. The number of carbonyl (C=O) groups is 4. The fraction of sp³-hybridized carbons (Fsp3) is 0.474. The average molecular weight is 1100 g/mol. The van der Waals surface area contributed by atoms with Crippen molar-refractivity contribution >= 4 is 52.2 Å². The number of hydrogen-bond donors (Lipinski definition) is 4. The molecule has 4 atom stereocenters. The van der Waals surface area contributed by atoms with E-state index in [9.17, 15) is 28.7 Å². The van der Waals surface area contributed by atoms with E-state index in [4.69, 9.17) is 24.3 Å². The smallest absolute Gasteiger partial charge is 0.246 e. The van der Waals surface area contributed by atoms with Crippen LogP contribution >= 0.6 is 11.3 Å². The number of aliphatic hydroxyl groups is 1. The van der Waals surface area contributed by atoms with E-state index in [1.165, 1.54) is 11.0 Å². The van der Waals surface area contributed by atoms with Gasteiger partial charge in [-0.1, -0.05) is 63.2 Å². The molecule has 20 nitrogen and oxygen atoms in total. The molecule has 0 radical (unpaired) electrons. The second kappa shape index (κ2) is 26.3. The van der Waals surface area contributed by atoms with Gasteiger partial charge in [-0.2, -0.15) is 0 Å². The number of anilines is 2. The molecule has 3 fully saturated rings. The van der Waals surface area contributed by atoms with Crippen LogP contribution in [0.15, 0.2) is 90.6 Å². The van der Waals surface area contributed by atoms with Gasteiger partial charge in [0.05, 0.1) is 79.7 Å². The van der Waals surface area contributed by atoms with Crippen LogP contribution in [0.5, 0.6) is 0 Å². The van der Waals surface area contributed by atoms with Gasteiger partial charge in [0, 0.05) is 58.8 Å². The topological polar surface area (TPSA) is 221 Å².